The van der Waals surface area contributed by atoms with Crippen molar-refractivity contribution in [1.82, 2.24) is 25.2 Å². The summed E-state index contributed by atoms with van der Waals surface area (Å²) in [7, 11) is 1.90. The lowest BCUT2D eigenvalue weighted by atomic mass is 10.1. The van der Waals surface area contributed by atoms with Crippen LogP contribution < -0.4 is 5.43 Å². The van der Waals surface area contributed by atoms with Crippen LogP contribution in [0, 0.1) is 0 Å². The summed E-state index contributed by atoms with van der Waals surface area (Å²) >= 11 is 1.59. The topological polar surface area (TPSA) is 85.1 Å². The van der Waals surface area contributed by atoms with Crippen LogP contribution in [0.3, 0.4) is 0 Å². The second-order valence-electron chi connectivity index (χ2n) is 5.16. The van der Waals surface area contributed by atoms with Gasteiger partial charge in [0.1, 0.15) is 6.33 Å². The molecular weight excluding hydrogens is 336 g/mol. The molecule has 1 N–H and O–H groups in total. The van der Waals surface area contributed by atoms with E-state index in [2.05, 4.69) is 25.7 Å². The zero-order chi connectivity index (χ0) is 17.5. The Hall–Kier alpha value is -3.00. The number of aryl methyl sites for hydroxylation is 1. The molecule has 0 aliphatic rings. The standard InChI is InChI=1S/C17H16N6OS/c1-23-12-20-22-17(23)25-11-13-5-7-14(8-6-13)16(24)21-19-10-15-4-2-3-9-18-15/h2-10,12H,11H2,1H3,(H,21,24)/b19-10+. The fraction of sp³-hybridized carbons (Fsp3) is 0.118. The molecule has 0 aliphatic heterocycles. The van der Waals surface area contributed by atoms with E-state index in [0.717, 1.165) is 16.5 Å². The van der Waals surface area contributed by atoms with Crippen LogP contribution in [-0.4, -0.2) is 31.9 Å². The van der Waals surface area contributed by atoms with Gasteiger partial charge in [-0.05, 0) is 29.8 Å². The first-order chi connectivity index (χ1) is 12.2. The summed E-state index contributed by atoms with van der Waals surface area (Å²) in [6.07, 6.45) is 4.84. The Balaban J connectivity index is 1.53. The van der Waals surface area contributed by atoms with Crippen LogP contribution in [0.1, 0.15) is 21.6 Å². The number of benzene rings is 1. The number of hydrogen-bond acceptors (Lipinski definition) is 6. The zero-order valence-corrected chi connectivity index (χ0v) is 14.3. The molecule has 0 bridgehead atoms. The number of thioether (sulfide) groups is 1. The monoisotopic (exact) mass is 352 g/mol. The summed E-state index contributed by atoms with van der Waals surface area (Å²) in [4.78, 5) is 16.2. The lowest BCUT2D eigenvalue weighted by Gasteiger charge is -2.03. The Labute approximate surface area is 149 Å². The maximum absolute atomic E-state index is 12.1. The van der Waals surface area contributed by atoms with Crippen LogP contribution in [0.25, 0.3) is 0 Å². The minimum absolute atomic E-state index is 0.264. The largest absolute Gasteiger partial charge is 0.312 e. The first-order valence-electron chi connectivity index (χ1n) is 7.52. The Kier molecular flexibility index (Phi) is 5.53. The predicted molar refractivity (Wildman–Crippen MR) is 96.3 cm³/mol. The van der Waals surface area contributed by atoms with Crippen molar-refractivity contribution in [1.29, 1.82) is 0 Å². The minimum atomic E-state index is -0.264. The van der Waals surface area contributed by atoms with E-state index in [-0.39, 0.29) is 5.91 Å². The van der Waals surface area contributed by atoms with Gasteiger partial charge in [-0.2, -0.15) is 5.10 Å². The van der Waals surface area contributed by atoms with Gasteiger partial charge in [0.2, 0.25) is 0 Å². The molecule has 1 aromatic carbocycles. The van der Waals surface area contributed by atoms with Gasteiger partial charge in [0.15, 0.2) is 5.16 Å². The molecule has 7 nitrogen and oxygen atoms in total. The van der Waals surface area contributed by atoms with Gasteiger partial charge in [-0.1, -0.05) is 30.0 Å². The molecule has 2 heterocycles. The fourth-order valence-electron chi connectivity index (χ4n) is 1.98. The van der Waals surface area contributed by atoms with Crippen LogP contribution in [0.15, 0.2) is 65.2 Å². The second-order valence-corrected chi connectivity index (χ2v) is 6.11. The number of aromatic nitrogens is 4. The quantitative estimate of drug-likeness (QED) is 0.418. The van der Waals surface area contributed by atoms with Gasteiger partial charge < -0.3 is 4.57 Å². The van der Waals surface area contributed by atoms with Crippen molar-refractivity contribution >= 4 is 23.9 Å². The number of nitrogens with zero attached hydrogens (tertiary/aromatic N) is 5. The van der Waals surface area contributed by atoms with E-state index in [9.17, 15) is 4.79 Å². The van der Waals surface area contributed by atoms with Crippen molar-refractivity contribution in [3.05, 3.63) is 71.8 Å². The zero-order valence-electron chi connectivity index (χ0n) is 13.5. The summed E-state index contributed by atoms with van der Waals surface area (Å²) in [5.74, 6) is 0.492. The molecule has 3 rings (SSSR count). The highest BCUT2D eigenvalue weighted by Gasteiger charge is 2.06. The third-order valence-electron chi connectivity index (χ3n) is 3.30. The number of rotatable bonds is 6. The van der Waals surface area contributed by atoms with Crippen LogP contribution in [0.2, 0.25) is 0 Å². The molecule has 0 radical (unpaired) electrons. The van der Waals surface area contributed by atoms with Crippen LogP contribution in [0.5, 0.6) is 0 Å². The summed E-state index contributed by atoms with van der Waals surface area (Å²) in [5.41, 5.74) is 4.82. The number of carbonyl (C=O) groups is 1. The number of nitrogens with one attached hydrogen (secondary N) is 1. The summed E-state index contributed by atoms with van der Waals surface area (Å²) < 4.78 is 1.87. The molecule has 0 aliphatic carbocycles. The van der Waals surface area contributed by atoms with Crippen LogP contribution in [0.4, 0.5) is 0 Å². The molecule has 0 spiro atoms. The number of hydrogen-bond donors (Lipinski definition) is 1. The molecule has 0 saturated heterocycles. The van der Waals surface area contributed by atoms with Crippen molar-refractivity contribution in [2.45, 2.75) is 10.9 Å². The van der Waals surface area contributed by atoms with Crippen molar-refractivity contribution in [3.8, 4) is 0 Å². The van der Waals surface area contributed by atoms with Gasteiger partial charge in [-0.3, -0.25) is 9.78 Å². The van der Waals surface area contributed by atoms with Gasteiger partial charge >= 0.3 is 0 Å². The third-order valence-corrected chi connectivity index (χ3v) is 4.41. The van der Waals surface area contributed by atoms with Gasteiger partial charge in [-0.25, -0.2) is 5.43 Å². The summed E-state index contributed by atoms with van der Waals surface area (Å²) in [6.45, 7) is 0. The first-order valence-corrected chi connectivity index (χ1v) is 8.51. The van der Waals surface area contributed by atoms with E-state index in [1.165, 1.54) is 6.21 Å². The van der Waals surface area contributed by atoms with E-state index in [1.807, 2.05) is 35.9 Å². The SMILES string of the molecule is Cn1cnnc1SCc1ccc(C(=O)N/N=C/c2ccccn2)cc1. The van der Waals surface area contributed by atoms with Crippen molar-refractivity contribution < 1.29 is 4.79 Å². The van der Waals surface area contributed by atoms with Crippen LogP contribution in [-0.2, 0) is 12.8 Å². The second kappa shape index (κ2) is 8.20. The first kappa shape index (κ1) is 16.8. The molecule has 126 valence electrons. The third kappa shape index (κ3) is 4.74. The van der Waals surface area contributed by atoms with Gasteiger partial charge in [-0.15, -0.1) is 10.2 Å². The van der Waals surface area contributed by atoms with Crippen molar-refractivity contribution in [2.24, 2.45) is 12.1 Å². The maximum atomic E-state index is 12.1. The molecule has 0 atom stereocenters. The summed E-state index contributed by atoms with van der Waals surface area (Å²) in [6, 6.07) is 12.9. The van der Waals surface area contributed by atoms with Crippen LogP contribution >= 0.6 is 11.8 Å². The predicted octanol–water partition coefficient (Wildman–Crippen LogP) is 2.27. The van der Waals surface area contributed by atoms with Crippen molar-refractivity contribution in [3.63, 3.8) is 0 Å². The average molecular weight is 352 g/mol. The van der Waals surface area contributed by atoms with E-state index >= 15 is 0 Å². The van der Waals surface area contributed by atoms with E-state index in [4.69, 9.17) is 0 Å². The molecule has 25 heavy (non-hydrogen) atoms. The number of carbonyl (C=O) groups excluding carboxylic acids is 1. The highest BCUT2D eigenvalue weighted by molar-refractivity contribution is 7.98. The number of hydrazone groups is 1. The molecule has 0 saturated carbocycles. The summed E-state index contributed by atoms with van der Waals surface area (Å²) in [5, 5.41) is 12.6. The molecule has 0 unspecified atom stereocenters. The smallest absolute Gasteiger partial charge is 0.271 e. The van der Waals surface area contributed by atoms with Crippen molar-refractivity contribution in [2.75, 3.05) is 0 Å². The maximum Gasteiger partial charge on any atom is 0.271 e. The Morgan fingerprint density at radius 3 is 2.80 bits per heavy atom. The Bertz CT molecular complexity index is 860. The molecule has 3 aromatic rings. The lowest BCUT2D eigenvalue weighted by Crippen LogP contribution is -2.17. The minimum Gasteiger partial charge on any atom is -0.312 e. The lowest BCUT2D eigenvalue weighted by molar-refractivity contribution is 0.0955. The molecule has 1 amide bonds. The van der Waals surface area contributed by atoms with Gasteiger partial charge in [0, 0.05) is 24.6 Å². The van der Waals surface area contributed by atoms with E-state index in [1.54, 1.807) is 42.5 Å². The highest BCUT2D eigenvalue weighted by atomic mass is 32.2. The average Bonchev–Trinajstić information content (AvgIpc) is 3.06. The van der Waals surface area contributed by atoms with Gasteiger partial charge in [0.05, 0.1) is 11.9 Å². The fourth-order valence-corrected chi connectivity index (χ4v) is 2.82. The molecular formula is C17H16N6OS. The molecule has 0 fully saturated rings. The highest BCUT2D eigenvalue weighted by Crippen LogP contribution is 2.20. The Morgan fingerprint density at radius 1 is 1.28 bits per heavy atom. The normalized spacial score (nSPS) is 10.9. The van der Waals surface area contributed by atoms with E-state index in [0.29, 0.717) is 11.3 Å². The molecule has 8 heteroatoms. The number of pyridine rings is 1. The molecule has 2 aromatic heterocycles. The number of amides is 1. The Morgan fingerprint density at radius 2 is 2.12 bits per heavy atom. The van der Waals surface area contributed by atoms with E-state index < -0.39 is 0 Å². The van der Waals surface area contributed by atoms with Gasteiger partial charge in [0.25, 0.3) is 5.91 Å².